The average Bonchev–Trinajstić information content (AvgIpc) is 2.86. The number of aliphatic hydroxyl groups excluding tert-OH is 1. The molecule has 0 aliphatic carbocycles. The normalized spacial score (nSPS) is 26.8. The zero-order chi connectivity index (χ0) is 22.2. The molecule has 3 N–H and O–H groups in total. The van der Waals surface area contributed by atoms with Crippen LogP contribution >= 0.6 is 35.7 Å². The first-order chi connectivity index (χ1) is 13.1. The lowest BCUT2D eigenvalue weighted by Crippen LogP contribution is -2.28. The third-order valence-corrected chi connectivity index (χ3v) is 7.59. The van der Waals surface area contributed by atoms with E-state index in [-0.39, 0.29) is 11.1 Å². The van der Waals surface area contributed by atoms with Crippen LogP contribution in [0, 0.1) is 11.6 Å². The Balaban J connectivity index is 2.03. The number of hydrogen-bond donors (Lipinski definition) is 3. The fourth-order valence-electron chi connectivity index (χ4n) is 2.29. The topological polar surface area (TPSA) is 236 Å². The molecular weight excluding hydrogens is 481 g/mol. The van der Waals surface area contributed by atoms with E-state index in [1.807, 2.05) is 0 Å². The molecule has 15 nitrogen and oxygen atoms in total. The molecule has 19 heteroatoms. The molecule has 0 bridgehead atoms. The van der Waals surface area contributed by atoms with E-state index < -0.39 is 54.2 Å². The van der Waals surface area contributed by atoms with Gasteiger partial charge >= 0.3 is 13.5 Å². The van der Waals surface area contributed by atoms with E-state index in [0.29, 0.717) is 5.56 Å². The highest BCUT2D eigenvalue weighted by Crippen LogP contribution is 2.62. The molecule has 2 rings (SSSR count). The number of hydrogen-bond acceptors (Lipinski definition) is 13. The summed E-state index contributed by atoms with van der Waals surface area (Å²) in [5.41, 5.74) is -0.106. The molecule has 1 aromatic heterocycles. The Hall–Kier alpha value is -0.570. The zero-order valence-electron chi connectivity index (χ0n) is 14.3. The molecule has 5 atom stereocenters. The molecule has 0 radical (unpaired) electrons. The van der Waals surface area contributed by atoms with Gasteiger partial charge in [0.05, 0.1) is 20.5 Å². The quantitative estimate of drug-likeness (QED) is 0.270. The number of nitrogens with one attached hydrogen (secondary N) is 1. The lowest BCUT2D eigenvalue weighted by Gasteiger charge is -2.35. The maximum absolute atomic E-state index is 12.0. The SMILES string of the molecule is Cc1cn(C2CC(O)C(COP(=O)(O)OP(=O)([O-])OP(=O)([O-])[O-])O2)c(=O)[nH]c1=S. The second-order valence-electron chi connectivity index (χ2n) is 5.73. The summed E-state index contributed by atoms with van der Waals surface area (Å²) in [4.78, 5) is 55.4. The molecule has 1 fully saturated rings. The van der Waals surface area contributed by atoms with Crippen molar-refractivity contribution in [3.8, 4) is 0 Å². The third kappa shape index (κ3) is 7.26. The Morgan fingerprint density at radius 3 is 2.55 bits per heavy atom. The predicted molar refractivity (Wildman–Crippen MR) is 88.3 cm³/mol. The Kier molecular flexibility index (Phi) is 7.57. The van der Waals surface area contributed by atoms with Crippen molar-refractivity contribution in [3.05, 3.63) is 26.9 Å². The first-order valence-corrected chi connectivity index (χ1v) is 12.3. The van der Waals surface area contributed by atoms with Gasteiger partial charge in [0.15, 0.2) is 0 Å². The predicted octanol–water partition coefficient (Wildman–Crippen LogP) is -1.69. The summed E-state index contributed by atoms with van der Waals surface area (Å²) in [6, 6.07) is 0. The van der Waals surface area contributed by atoms with E-state index in [4.69, 9.17) is 17.0 Å². The number of phosphoric ester groups is 1. The first kappa shape index (κ1) is 24.7. The van der Waals surface area contributed by atoms with Crippen LogP contribution in [0.5, 0.6) is 0 Å². The van der Waals surface area contributed by atoms with Crippen molar-refractivity contribution in [2.45, 2.75) is 31.8 Å². The summed E-state index contributed by atoms with van der Waals surface area (Å²) in [7, 11) is -17.6. The van der Waals surface area contributed by atoms with Crippen molar-refractivity contribution < 1.29 is 56.3 Å². The molecule has 0 amide bonds. The van der Waals surface area contributed by atoms with Crippen LogP contribution in [0.4, 0.5) is 0 Å². The molecule has 2 heterocycles. The second kappa shape index (κ2) is 8.89. The number of aliphatic hydroxyl groups is 1. The van der Waals surface area contributed by atoms with Gasteiger partial charge in [-0.15, -0.1) is 0 Å². The van der Waals surface area contributed by atoms with Gasteiger partial charge in [0.25, 0.3) is 7.82 Å². The second-order valence-corrected chi connectivity index (χ2v) is 10.4. The van der Waals surface area contributed by atoms with Gasteiger partial charge in [-0.2, -0.15) is 0 Å². The third-order valence-electron chi connectivity index (χ3n) is 3.47. The largest absolute Gasteiger partial charge is 0.790 e. The Morgan fingerprint density at radius 2 is 1.97 bits per heavy atom. The van der Waals surface area contributed by atoms with E-state index in [1.165, 1.54) is 6.20 Å². The fourth-order valence-corrected chi connectivity index (χ4v) is 5.33. The van der Waals surface area contributed by atoms with Crippen LogP contribution in [-0.4, -0.2) is 38.4 Å². The van der Waals surface area contributed by atoms with Crippen LogP contribution in [0.25, 0.3) is 0 Å². The number of aryl methyl sites for hydroxylation is 1. The van der Waals surface area contributed by atoms with Gasteiger partial charge in [0.1, 0.15) is 17.0 Å². The van der Waals surface area contributed by atoms with Crippen LogP contribution in [0.3, 0.4) is 0 Å². The number of rotatable bonds is 8. The van der Waals surface area contributed by atoms with Crippen LogP contribution in [0.2, 0.25) is 0 Å². The van der Waals surface area contributed by atoms with Crippen LogP contribution in [0.1, 0.15) is 18.2 Å². The highest BCUT2D eigenvalue weighted by Gasteiger charge is 2.38. The van der Waals surface area contributed by atoms with E-state index in [0.717, 1.165) is 4.57 Å². The van der Waals surface area contributed by atoms with E-state index in [1.54, 1.807) is 6.92 Å². The van der Waals surface area contributed by atoms with Gasteiger partial charge < -0.3 is 34.0 Å². The van der Waals surface area contributed by atoms with Gasteiger partial charge in [-0.1, -0.05) is 12.2 Å². The molecule has 29 heavy (non-hydrogen) atoms. The Morgan fingerprint density at radius 1 is 1.34 bits per heavy atom. The van der Waals surface area contributed by atoms with Gasteiger partial charge in [0, 0.05) is 18.2 Å². The molecule has 0 aromatic carbocycles. The van der Waals surface area contributed by atoms with Crippen molar-refractivity contribution >= 4 is 35.7 Å². The van der Waals surface area contributed by atoms with Crippen LogP contribution in [-0.2, 0) is 31.6 Å². The minimum atomic E-state index is -6.07. The zero-order valence-corrected chi connectivity index (χ0v) is 17.8. The fraction of sp³-hybridized carbons (Fsp3) is 0.600. The number of aromatic amines is 1. The van der Waals surface area contributed by atoms with Crippen molar-refractivity contribution in [1.82, 2.24) is 9.55 Å². The van der Waals surface area contributed by atoms with Gasteiger partial charge in [-0.25, -0.2) is 13.7 Å². The summed E-state index contributed by atoms with van der Waals surface area (Å²) in [6.07, 6.45) is -2.35. The summed E-state index contributed by atoms with van der Waals surface area (Å²) >= 11 is 4.91. The lowest BCUT2D eigenvalue weighted by atomic mass is 10.2. The molecule has 0 saturated carbocycles. The van der Waals surface area contributed by atoms with Crippen LogP contribution in [0.15, 0.2) is 11.0 Å². The maximum Gasteiger partial charge on any atom is 0.478 e. The van der Waals surface area contributed by atoms with Gasteiger partial charge in [-0.05, 0) is 6.92 Å². The van der Waals surface area contributed by atoms with Gasteiger partial charge in [-0.3, -0.25) is 23.0 Å². The molecule has 1 saturated heterocycles. The van der Waals surface area contributed by atoms with E-state index in [2.05, 4.69) is 18.1 Å². The lowest BCUT2D eigenvalue weighted by molar-refractivity contribution is -0.339. The minimum absolute atomic E-state index is 0.132. The number of H-pyrrole nitrogens is 1. The smallest absolute Gasteiger partial charge is 0.478 e. The highest BCUT2D eigenvalue weighted by molar-refractivity contribution is 7.71. The highest BCUT2D eigenvalue weighted by atomic mass is 32.1. The van der Waals surface area contributed by atoms with Crippen LogP contribution < -0.4 is 20.4 Å². The summed E-state index contributed by atoms with van der Waals surface area (Å²) in [6.45, 7) is 0.723. The van der Waals surface area contributed by atoms with Gasteiger partial charge in [0.2, 0.25) is 0 Å². The number of nitrogens with zero attached hydrogens (tertiary/aromatic N) is 1. The first-order valence-electron chi connectivity index (χ1n) is 7.47. The number of ether oxygens (including phenoxy) is 1. The molecule has 5 unspecified atom stereocenters. The Labute approximate surface area is 167 Å². The summed E-state index contributed by atoms with van der Waals surface area (Å²) in [5, 5.41) is 9.99. The molecule has 166 valence electrons. The van der Waals surface area contributed by atoms with E-state index in [9.17, 15) is 43.2 Å². The Bertz CT molecular complexity index is 1020. The molecular formula is C10H14N2O13P3S-3. The van der Waals surface area contributed by atoms with Crippen molar-refractivity contribution in [2.75, 3.05) is 6.61 Å². The van der Waals surface area contributed by atoms with Crippen molar-refractivity contribution in [2.24, 2.45) is 0 Å². The standard InChI is InChI=1S/C10H17N2O13P3S/c1-5-3-12(10(14)11-9(5)29)8-2-6(13)7(23-8)4-22-27(18,19)25-28(20,21)24-26(15,16)17/h3,6-8,13H,2,4H2,1H3,(H,18,19)(H,20,21)(H,11,14,29)(H2,15,16,17)/p-3. The average molecular weight is 495 g/mol. The van der Waals surface area contributed by atoms with Crippen molar-refractivity contribution in [3.63, 3.8) is 0 Å². The number of aromatic nitrogens is 2. The number of phosphoric acid groups is 3. The minimum Gasteiger partial charge on any atom is -0.790 e. The molecule has 1 aromatic rings. The summed E-state index contributed by atoms with van der Waals surface area (Å²) in [5.74, 6) is 0. The molecule has 1 aliphatic rings. The molecule has 0 spiro atoms. The van der Waals surface area contributed by atoms with Crippen molar-refractivity contribution in [1.29, 1.82) is 0 Å². The maximum atomic E-state index is 12.0. The monoisotopic (exact) mass is 495 g/mol. The summed E-state index contributed by atoms with van der Waals surface area (Å²) < 4.78 is 50.6. The molecule has 1 aliphatic heterocycles. The van der Waals surface area contributed by atoms with E-state index >= 15 is 0 Å².